The van der Waals surface area contributed by atoms with Crippen molar-refractivity contribution >= 4 is 11.4 Å². The third kappa shape index (κ3) is 2.77. The van der Waals surface area contributed by atoms with Crippen LogP contribution in [-0.4, -0.2) is 17.5 Å². The molecule has 2 heterocycles. The quantitative estimate of drug-likeness (QED) is 0.407. The zero-order valence-corrected chi connectivity index (χ0v) is 11.7. The maximum absolute atomic E-state index is 13.5. The number of aromatic nitrogens is 1. The molecule has 0 fully saturated rings. The first-order valence-corrected chi connectivity index (χ1v) is 6.37. The molecule has 0 bridgehead atoms. The number of halogens is 4. The molecule has 0 aliphatic carbocycles. The molecular formula is C14H9F4N3O2. The van der Waals surface area contributed by atoms with E-state index in [0.717, 1.165) is 0 Å². The monoisotopic (exact) mass is 327 g/mol. The molecular weight excluding hydrogens is 318 g/mol. The van der Waals surface area contributed by atoms with Crippen LogP contribution >= 0.6 is 0 Å². The molecule has 3 rings (SSSR count). The first-order valence-electron chi connectivity index (χ1n) is 6.37. The van der Waals surface area contributed by atoms with Gasteiger partial charge in [0.05, 0.1) is 5.71 Å². The largest absolute Gasteiger partial charge is 0.454 e. The minimum atomic E-state index is -1.76. The normalized spacial score (nSPS) is 13.3. The van der Waals surface area contributed by atoms with E-state index in [1.54, 1.807) is 18.2 Å². The van der Waals surface area contributed by atoms with E-state index in [1.807, 2.05) is 5.43 Å². The van der Waals surface area contributed by atoms with Gasteiger partial charge < -0.3 is 9.47 Å². The highest BCUT2D eigenvalue weighted by molar-refractivity contribution is 5.99. The Morgan fingerprint density at radius 1 is 1.09 bits per heavy atom. The summed E-state index contributed by atoms with van der Waals surface area (Å²) in [6.45, 7) is 1.63. The van der Waals surface area contributed by atoms with Gasteiger partial charge in [-0.2, -0.15) is 27.6 Å². The lowest BCUT2D eigenvalue weighted by molar-refractivity contribution is 0.174. The van der Waals surface area contributed by atoms with Crippen LogP contribution in [0.15, 0.2) is 23.3 Å². The number of nitrogens with one attached hydrogen (secondary N) is 1. The summed E-state index contributed by atoms with van der Waals surface area (Å²) in [6.07, 6.45) is 0. The molecule has 2 aromatic rings. The Balaban J connectivity index is 1.88. The van der Waals surface area contributed by atoms with E-state index in [4.69, 9.17) is 9.47 Å². The smallest absolute Gasteiger partial charge is 0.254 e. The molecule has 1 aromatic carbocycles. The fourth-order valence-corrected chi connectivity index (χ4v) is 1.91. The van der Waals surface area contributed by atoms with E-state index in [2.05, 4.69) is 10.1 Å². The topological polar surface area (TPSA) is 55.7 Å². The highest BCUT2D eigenvalue weighted by Crippen LogP contribution is 2.32. The van der Waals surface area contributed by atoms with Crippen molar-refractivity contribution < 1.29 is 27.0 Å². The van der Waals surface area contributed by atoms with Crippen molar-refractivity contribution in [3.05, 3.63) is 47.3 Å². The zero-order chi connectivity index (χ0) is 16.6. The van der Waals surface area contributed by atoms with E-state index in [1.165, 1.54) is 6.92 Å². The Labute approximate surface area is 127 Å². The molecule has 1 aliphatic rings. The number of rotatable bonds is 3. The number of benzene rings is 1. The van der Waals surface area contributed by atoms with Gasteiger partial charge in [0, 0.05) is 5.56 Å². The predicted molar refractivity (Wildman–Crippen MR) is 72.5 cm³/mol. The summed E-state index contributed by atoms with van der Waals surface area (Å²) in [7, 11) is 0. The van der Waals surface area contributed by atoms with Crippen molar-refractivity contribution in [1.82, 2.24) is 4.98 Å². The predicted octanol–water partition coefficient (Wildman–Crippen LogP) is 3.20. The third-order valence-electron chi connectivity index (χ3n) is 3.12. The van der Waals surface area contributed by atoms with Crippen LogP contribution in [0.3, 0.4) is 0 Å². The van der Waals surface area contributed by atoms with Gasteiger partial charge in [0.1, 0.15) is 5.69 Å². The second-order valence-electron chi connectivity index (χ2n) is 4.57. The van der Waals surface area contributed by atoms with Crippen LogP contribution in [0.4, 0.5) is 23.2 Å². The number of pyridine rings is 1. The molecule has 1 N–H and O–H groups in total. The Morgan fingerprint density at radius 3 is 2.43 bits per heavy atom. The average molecular weight is 327 g/mol. The highest BCUT2D eigenvalue weighted by atomic mass is 19.2. The van der Waals surface area contributed by atoms with Gasteiger partial charge >= 0.3 is 0 Å². The van der Waals surface area contributed by atoms with Gasteiger partial charge in [-0.15, -0.1) is 0 Å². The molecule has 0 saturated carbocycles. The summed E-state index contributed by atoms with van der Waals surface area (Å²) >= 11 is 0. The van der Waals surface area contributed by atoms with Crippen LogP contribution in [0, 0.1) is 23.5 Å². The van der Waals surface area contributed by atoms with Crippen molar-refractivity contribution in [1.29, 1.82) is 0 Å². The molecule has 5 nitrogen and oxygen atoms in total. The first kappa shape index (κ1) is 15.1. The van der Waals surface area contributed by atoms with Crippen LogP contribution in [0.25, 0.3) is 0 Å². The maximum atomic E-state index is 13.5. The molecule has 23 heavy (non-hydrogen) atoms. The molecule has 9 heteroatoms. The van der Waals surface area contributed by atoms with E-state index in [0.29, 0.717) is 22.8 Å². The van der Waals surface area contributed by atoms with Crippen molar-refractivity contribution in [3.8, 4) is 11.5 Å². The van der Waals surface area contributed by atoms with Crippen LogP contribution in [0.2, 0.25) is 0 Å². The van der Waals surface area contributed by atoms with Gasteiger partial charge in [-0.1, -0.05) is 0 Å². The zero-order valence-electron chi connectivity index (χ0n) is 11.7. The van der Waals surface area contributed by atoms with E-state index >= 15 is 0 Å². The standard InChI is InChI=1S/C14H9F4N3O2/c1-6(7-2-3-8-9(4-7)23-5-22-8)20-21-12-10(15)13(17)19-14(18)11(12)16/h2-4H,5H2,1H3,(H,19,21)/b20-6+. The summed E-state index contributed by atoms with van der Waals surface area (Å²) in [5.74, 6) is -5.79. The summed E-state index contributed by atoms with van der Waals surface area (Å²) in [5.41, 5.74) is 1.79. The van der Waals surface area contributed by atoms with Gasteiger partial charge in [-0.25, -0.2) is 0 Å². The van der Waals surface area contributed by atoms with Crippen molar-refractivity contribution in [2.75, 3.05) is 12.2 Å². The number of hydrogen-bond acceptors (Lipinski definition) is 5. The van der Waals surface area contributed by atoms with Gasteiger partial charge in [-0.05, 0) is 25.1 Å². The SMILES string of the molecule is C/C(=N\Nc1c(F)c(F)nc(F)c1F)c1ccc2c(c1)OCO2. The number of anilines is 1. The summed E-state index contributed by atoms with van der Waals surface area (Å²) < 4.78 is 63.3. The van der Waals surface area contributed by atoms with Crippen LogP contribution in [0.5, 0.6) is 11.5 Å². The van der Waals surface area contributed by atoms with Crippen molar-refractivity contribution in [2.45, 2.75) is 6.92 Å². The summed E-state index contributed by atoms with van der Waals surface area (Å²) in [4.78, 5) is 2.46. The highest BCUT2D eigenvalue weighted by Gasteiger charge is 2.20. The molecule has 0 amide bonds. The van der Waals surface area contributed by atoms with E-state index in [-0.39, 0.29) is 6.79 Å². The van der Waals surface area contributed by atoms with Crippen LogP contribution < -0.4 is 14.9 Å². The second kappa shape index (κ2) is 5.75. The number of ether oxygens (including phenoxy) is 2. The number of nitrogens with zero attached hydrogens (tertiary/aromatic N) is 2. The minimum Gasteiger partial charge on any atom is -0.454 e. The van der Waals surface area contributed by atoms with Crippen molar-refractivity contribution in [2.24, 2.45) is 5.10 Å². The Morgan fingerprint density at radius 2 is 1.74 bits per heavy atom. The van der Waals surface area contributed by atoms with Crippen molar-refractivity contribution in [3.63, 3.8) is 0 Å². The fourth-order valence-electron chi connectivity index (χ4n) is 1.91. The van der Waals surface area contributed by atoms with Gasteiger partial charge in [0.25, 0.3) is 11.9 Å². The third-order valence-corrected chi connectivity index (χ3v) is 3.12. The first-order chi connectivity index (χ1) is 11.0. The van der Waals surface area contributed by atoms with Gasteiger partial charge in [-0.3, -0.25) is 5.43 Å². The summed E-state index contributed by atoms with van der Waals surface area (Å²) in [5, 5.41) is 3.72. The summed E-state index contributed by atoms with van der Waals surface area (Å²) in [6, 6.07) is 4.90. The molecule has 0 radical (unpaired) electrons. The molecule has 120 valence electrons. The molecule has 0 unspecified atom stereocenters. The fraction of sp³-hybridized carbons (Fsp3) is 0.143. The minimum absolute atomic E-state index is 0.0964. The maximum Gasteiger partial charge on any atom is 0.254 e. The van der Waals surface area contributed by atoms with E-state index in [9.17, 15) is 17.6 Å². The molecule has 0 saturated heterocycles. The molecule has 0 spiro atoms. The van der Waals surface area contributed by atoms with Crippen LogP contribution in [-0.2, 0) is 0 Å². The Bertz CT molecular complexity index is 785. The molecule has 1 aromatic heterocycles. The van der Waals surface area contributed by atoms with Crippen LogP contribution in [0.1, 0.15) is 12.5 Å². The molecule has 1 aliphatic heterocycles. The lowest BCUT2D eigenvalue weighted by atomic mass is 10.1. The van der Waals surface area contributed by atoms with Gasteiger partial charge in [0.2, 0.25) is 18.4 Å². The Kier molecular flexibility index (Phi) is 3.77. The number of hydrogen-bond donors (Lipinski definition) is 1. The number of hydrazone groups is 1. The lowest BCUT2D eigenvalue weighted by Crippen LogP contribution is -2.07. The number of fused-ring (bicyclic) bond motifs is 1. The second-order valence-corrected chi connectivity index (χ2v) is 4.57. The van der Waals surface area contributed by atoms with E-state index < -0.39 is 29.2 Å². The molecule has 0 atom stereocenters. The average Bonchev–Trinajstić information content (AvgIpc) is 3.00. The Hall–Kier alpha value is -2.84. The lowest BCUT2D eigenvalue weighted by Gasteiger charge is -2.07. The van der Waals surface area contributed by atoms with Gasteiger partial charge in [0.15, 0.2) is 11.5 Å².